The van der Waals surface area contributed by atoms with E-state index >= 15 is 0 Å². The number of nitrogens with one attached hydrogen (secondary N) is 1. The number of esters is 1. The summed E-state index contributed by atoms with van der Waals surface area (Å²) >= 11 is 0. The Kier molecular flexibility index (Phi) is 8.32. The van der Waals surface area contributed by atoms with E-state index in [1.807, 2.05) is 37.3 Å². The van der Waals surface area contributed by atoms with Crippen molar-refractivity contribution >= 4 is 34.4 Å². The number of amides is 1. The molecule has 224 valence electrons. The lowest BCUT2D eigenvalue weighted by Gasteiger charge is -2.32. The minimum atomic E-state index is -0.376. The third-order valence-corrected chi connectivity index (χ3v) is 8.21. The predicted molar refractivity (Wildman–Crippen MR) is 172 cm³/mol. The quantitative estimate of drug-likeness (QED) is 0.188. The van der Waals surface area contributed by atoms with Crippen molar-refractivity contribution < 1.29 is 23.5 Å². The number of ether oxygens (including phenoxy) is 2. The molecule has 3 heterocycles. The number of carbonyl (C=O) groups is 2. The largest absolute Gasteiger partial charge is 0.493 e. The Bertz CT molecular complexity index is 1790. The number of hydrogen-bond acceptors (Lipinski definition) is 7. The Morgan fingerprint density at radius 2 is 1.73 bits per heavy atom. The van der Waals surface area contributed by atoms with Crippen LogP contribution in [0.1, 0.15) is 44.9 Å². The van der Waals surface area contributed by atoms with Crippen LogP contribution in [-0.2, 0) is 4.74 Å². The minimum absolute atomic E-state index is 0.298. The highest BCUT2D eigenvalue weighted by Gasteiger charge is 2.22. The smallest absolute Gasteiger partial charge is 0.337 e. The summed E-state index contributed by atoms with van der Waals surface area (Å²) in [5, 5.41) is 3.86. The maximum atomic E-state index is 13.2. The van der Waals surface area contributed by atoms with Gasteiger partial charge in [-0.2, -0.15) is 0 Å². The second kappa shape index (κ2) is 12.6. The summed E-state index contributed by atoms with van der Waals surface area (Å²) in [6.07, 6.45) is 3.62. The van der Waals surface area contributed by atoms with Crippen molar-refractivity contribution in [3.63, 3.8) is 0 Å². The molecule has 1 aliphatic rings. The fourth-order valence-electron chi connectivity index (χ4n) is 5.57. The molecule has 1 amide bonds. The van der Waals surface area contributed by atoms with Crippen LogP contribution in [0.4, 0.5) is 11.5 Å². The van der Waals surface area contributed by atoms with Crippen LogP contribution in [0.5, 0.6) is 5.75 Å². The van der Waals surface area contributed by atoms with Gasteiger partial charge >= 0.3 is 5.97 Å². The topological polar surface area (TPSA) is 93.9 Å². The molecular weight excluding hydrogens is 554 g/mol. The van der Waals surface area contributed by atoms with Crippen LogP contribution in [-0.4, -0.2) is 43.7 Å². The number of benzene rings is 3. The number of piperidine rings is 1. The molecule has 1 fully saturated rings. The molecule has 0 bridgehead atoms. The van der Waals surface area contributed by atoms with E-state index in [1.54, 1.807) is 24.4 Å². The lowest BCUT2D eigenvalue weighted by Crippen LogP contribution is -2.36. The monoisotopic (exact) mass is 589 g/mol. The van der Waals surface area contributed by atoms with Crippen LogP contribution >= 0.6 is 0 Å². The molecule has 0 radical (unpaired) electrons. The molecule has 5 aromatic rings. The van der Waals surface area contributed by atoms with Crippen molar-refractivity contribution in [3.8, 4) is 16.9 Å². The maximum Gasteiger partial charge on any atom is 0.337 e. The Morgan fingerprint density at radius 3 is 2.45 bits per heavy atom. The third kappa shape index (κ3) is 6.29. The highest BCUT2D eigenvalue weighted by atomic mass is 16.5. The second-order valence-electron chi connectivity index (χ2n) is 11.3. The number of nitrogens with zero attached hydrogens (tertiary/aromatic N) is 2. The average Bonchev–Trinajstić information content (AvgIpc) is 3.40. The number of aryl methyl sites for hydroxylation is 2. The van der Waals surface area contributed by atoms with Gasteiger partial charge in [0.15, 0.2) is 5.76 Å². The van der Waals surface area contributed by atoms with Crippen LogP contribution in [0.15, 0.2) is 89.5 Å². The molecule has 44 heavy (non-hydrogen) atoms. The summed E-state index contributed by atoms with van der Waals surface area (Å²) in [5.41, 5.74) is 5.98. The molecule has 0 atom stereocenters. The van der Waals surface area contributed by atoms with Gasteiger partial charge in [-0.3, -0.25) is 4.79 Å². The van der Waals surface area contributed by atoms with Gasteiger partial charge in [0, 0.05) is 24.0 Å². The normalized spacial score (nSPS) is 13.6. The van der Waals surface area contributed by atoms with Gasteiger partial charge in [0.1, 0.15) is 17.2 Å². The first-order valence-corrected chi connectivity index (χ1v) is 14.8. The first-order valence-electron chi connectivity index (χ1n) is 14.8. The second-order valence-corrected chi connectivity index (χ2v) is 11.3. The number of fused-ring (bicyclic) bond motifs is 1. The summed E-state index contributed by atoms with van der Waals surface area (Å²) in [4.78, 5) is 31.8. The number of aromatic nitrogens is 1. The van der Waals surface area contributed by atoms with Crippen molar-refractivity contribution in [3.05, 3.63) is 108 Å². The predicted octanol–water partition coefficient (Wildman–Crippen LogP) is 7.45. The molecule has 0 aliphatic carbocycles. The summed E-state index contributed by atoms with van der Waals surface area (Å²) < 4.78 is 16.7. The molecule has 1 aliphatic heterocycles. The van der Waals surface area contributed by atoms with Gasteiger partial charge in [-0.05, 0) is 86.2 Å². The fraction of sp³-hybridized carbons (Fsp3) is 0.250. The molecule has 8 nitrogen and oxygen atoms in total. The van der Waals surface area contributed by atoms with Gasteiger partial charge in [-0.15, -0.1) is 0 Å². The Hall–Kier alpha value is -5.11. The molecule has 2 aromatic heterocycles. The zero-order chi connectivity index (χ0) is 30.6. The van der Waals surface area contributed by atoms with Crippen LogP contribution in [0.25, 0.3) is 22.1 Å². The molecule has 0 unspecified atom stereocenters. The van der Waals surface area contributed by atoms with Crippen molar-refractivity contribution in [2.24, 2.45) is 5.92 Å². The van der Waals surface area contributed by atoms with Gasteiger partial charge in [0.2, 0.25) is 0 Å². The highest BCUT2D eigenvalue weighted by Crippen LogP contribution is 2.31. The number of methoxy groups -OCH3 is 1. The van der Waals surface area contributed by atoms with Crippen molar-refractivity contribution in [1.82, 2.24) is 4.98 Å². The number of furan rings is 1. The van der Waals surface area contributed by atoms with Crippen molar-refractivity contribution in [2.75, 3.05) is 37.0 Å². The van der Waals surface area contributed by atoms with Crippen LogP contribution in [0.3, 0.4) is 0 Å². The Morgan fingerprint density at radius 1 is 0.955 bits per heavy atom. The number of anilines is 2. The number of pyridine rings is 1. The van der Waals surface area contributed by atoms with E-state index in [0.717, 1.165) is 53.8 Å². The molecule has 1 N–H and O–H groups in total. The fourth-order valence-corrected chi connectivity index (χ4v) is 5.57. The van der Waals surface area contributed by atoms with E-state index in [-0.39, 0.29) is 11.9 Å². The van der Waals surface area contributed by atoms with Gasteiger partial charge in [-0.1, -0.05) is 42.0 Å². The average molecular weight is 590 g/mol. The SMILES string of the molecule is COC(=O)c1cccc(OCC2CCN(c3ccc(NC(=O)c4oc5ccc(-c6ccc(C)cc6)cc5c4C)cn3)CC2)c1. The highest BCUT2D eigenvalue weighted by molar-refractivity contribution is 6.06. The number of hydrogen-bond donors (Lipinski definition) is 1. The molecule has 3 aromatic carbocycles. The molecule has 8 heteroatoms. The van der Waals surface area contributed by atoms with Gasteiger partial charge in [-0.25, -0.2) is 9.78 Å². The van der Waals surface area contributed by atoms with Crippen molar-refractivity contribution in [1.29, 1.82) is 0 Å². The summed E-state index contributed by atoms with van der Waals surface area (Å²) in [6, 6.07) is 25.3. The zero-order valence-electron chi connectivity index (χ0n) is 25.1. The summed E-state index contributed by atoms with van der Waals surface area (Å²) in [6.45, 7) is 6.29. The molecule has 6 rings (SSSR count). The van der Waals surface area contributed by atoms with E-state index in [2.05, 4.69) is 52.5 Å². The molecular formula is C36H35N3O5. The van der Waals surface area contributed by atoms with E-state index < -0.39 is 0 Å². The van der Waals surface area contributed by atoms with E-state index in [9.17, 15) is 9.59 Å². The number of carbonyl (C=O) groups excluding carboxylic acids is 2. The number of rotatable bonds is 8. The summed E-state index contributed by atoms with van der Waals surface area (Å²) in [5.74, 6) is 1.57. The first kappa shape index (κ1) is 29.0. The van der Waals surface area contributed by atoms with Gasteiger partial charge in [0.25, 0.3) is 5.91 Å². The van der Waals surface area contributed by atoms with Crippen LogP contribution in [0.2, 0.25) is 0 Å². The van der Waals surface area contributed by atoms with E-state index in [4.69, 9.17) is 13.9 Å². The van der Waals surface area contributed by atoms with Gasteiger partial charge < -0.3 is 24.1 Å². The lowest BCUT2D eigenvalue weighted by molar-refractivity contribution is 0.0600. The standard InChI is InChI=1S/C36H35N3O5/c1-23-7-9-26(10-8-23)27-11-13-32-31(20-27)24(2)34(44-32)35(40)38-29-12-14-33(37-21-29)39-17-15-25(16-18-39)22-43-30-6-4-5-28(19-30)36(41)42-3/h4-14,19-21,25H,15-18,22H2,1-3H3,(H,38,40). The summed E-state index contributed by atoms with van der Waals surface area (Å²) in [7, 11) is 1.37. The molecule has 0 spiro atoms. The first-order chi connectivity index (χ1) is 21.4. The van der Waals surface area contributed by atoms with Gasteiger partial charge in [0.05, 0.1) is 31.2 Å². The van der Waals surface area contributed by atoms with Crippen LogP contribution < -0.4 is 15.0 Å². The van der Waals surface area contributed by atoms with Crippen LogP contribution in [0, 0.1) is 19.8 Å². The Balaban J connectivity index is 1.04. The van der Waals surface area contributed by atoms with Crippen molar-refractivity contribution in [2.45, 2.75) is 26.7 Å². The maximum absolute atomic E-state index is 13.2. The molecule has 0 saturated carbocycles. The molecule has 1 saturated heterocycles. The van der Waals surface area contributed by atoms with E-state index in [0.29, 0.717) is 40.9 Å². The third-order valence-electron chi connectivity index (χ3n) is 8.21. The zero-order valence-corrected chi connectivity index (χ0v) is 25.1. The minimum Gasteiger partial charge on any atom is -0.493 e. The Labute approximate surface area is 256 Å². The van der Waals surface area contributed by atoms with E-state index in [1.165, 1.54) is 12.7 Å². The lowest BCUT2D eigenvalue weighted by atomic mass is 9.98.